The summed E-state index contributed by atoms with van der Waals surface area (Å²) in [6, 6.07) is 2.71. The second-order valence-electron chi connectivity index (χ2n) is 3.19. The van der Waals surface area contributed by atoms with Gasteiger partial charge in [-0.1, -0.05) is 6.92 Å². The zero-order valence-electron chi connectivity index (χ0n) is 8.22. The Bertz CT molecular complexity index is 264. The van der Waals surface area contributed by atoms with Crippen molar-refractivity contribution in [3.63, 3.8) is 0 Å². The van der Waals surface area contributed by atoms with Crippen LogP contribution in [-0.2, 0) is 6.54 Å². The Labute approximate surface area is 103 Å². The Balaban J connectivity index is 2.31. The quantitative estimate of drug-likeness (QED) is 0.782. The summed E-state index contributed by atoms with van der Waals surface area (Å²) in [5.41, 5.74) is 0. The van der Waals surface area contributed by atoms with Crippen LogP contribution in [0, 0.1) is 0 Å². The van der Waals surface area contributed by atoms with Crippen LogP contribution < -0.4 is 5.32 Å². The van der Waals surface area contributed by atoms with Gasteiger partial charge in [0.2, 0.25) is 0 Å². The molecule has 0 fully saturated rings. The Morgan fingerprint density at radius 3 is 2.93 bits per heavy atom. The molecule has 1 unspecified atom stereocenters. The molecule has 0 amide bonds. The fourth-order valence-electron chi connectivity index (χ4n) is 1.27. The van der Waals surface area contributed by atoms with E-state index in [9.17, 15) is 0 Å². The minimum absolute atomic E-state index is 0.549. The van der Waals surface area contributed by atoms with E-state index in [1.165, 1.54) is 9.35 Å². The molecule has 1 rings (SSSR count). The third kappa shape index (κ3) is 4.30. The number of halogens is 2. The largest absolute Gasteiger partial charge is 0.309 e. The highest BCUT2D eigenvalue weighted by Gasteiger charge is 2.05. The van der Waals surface area contributed by atoms with Gasteiger partial charge in [-0.15, -0.1) is 22.9 Å². The lowest BCUT2D eigenvalue weighted by Crippen LogP contribution is -2.27. The lowest BCUT2D eigenvalue weighted by Gasteiger charge is -2.14. The van der Waals surface area contributed by atoms with E-state index >= 15 is 0 Å². The molecule has 0 saturated carbocycles. The van der Waals surface area contributed by atoms with Gasteiger partial charge in [-0.25, -0.2) is 0 Å². The summed E-state index contributed by atoms with van der Waals surface area (Å²) in [5.74, 6) is 0.736. The van der Waals surface area contributed by atoms with Crippen molar-refractivity contribution < 1.29 is 0 Å². The average molecular weight is 297 g/mol. The molecule has 0 aromatic carbocycles. The van der Waals surface area contributed by atoms with Crippen LogP contribution in [0.2, 0.25) is 0 Å². The smallest absolute Gasteiger partial charge is 0.0302 e. The second kappa shape index (κ2) is 6.83. The molecule has 0 aliphatic carbocycles. The number of alkyl halides is 1. The highest BCUT2D eigenvalue weighted by molar-refractivity contribution is 9.10. The third-order valence-electron chi connectivity index (χ3n) is 2.14. The van der Waals surface area contributed by atoms with Crippen LogP contribution >= 0.6 is 38.9 Å². The van der Waals surface area contributed by atoms with Gasteiger partial charge in [-0.3, -0.25) is 0 Å². The fourth-order valence-corrected chi connectivity index (χ4v) is 2.94. The van der Waals surface area contributed by atoms with Crippen LogP contribution in [0.4, 0.5) is 0 Å². The zero-order valence-corrected chi connectivity index (χ0v) is 11.4. The number of nitrogens with one attached hydrogen (secondary N) is 1. The Morgan fingerprint density at radius 2 is 2.43 bits per heavy atom. The topological polar surface area (TPSA) is 12.0 Å². The monoisotopic (exact) mass is 295 g/mol. The van der Waals surface area contributed by atoms with Gasteiger partial charge in [0, 0.05) is 33.2 Å². The Kier molecular flexibility index (Phi) is 6.10. The van der Waals surface area contributed by atoms with Crippen molar-refractivity contribution in [1.82, 2.24) is 5.32 Å². The molecule has 0 radical (unpaired) electrons. The molecule has 80 valence electrons. The maximum Gasteiger partial charge on any atom is 0.0302 e. The van der Waals surface area contributed by atoms with Gasteiger partial charge < -0.3 is 5.32 Å². The van der Waals surface area contributed by atoms with Gasteiger partial charge in [0.05, 0.1) is 0 Å². The molecule has 1 nitrogen and oxygen atoms in total. The molecule has 1 heterocycles. The molecule has 14 heavy (non-hydrogen) atoms. The molecule has 0 saturated heterocycles. The van der Waals surface area contributed by atoms with E-state index in [4.69, 9.17) is 11.6 Å². The number of hydrogen-bond donors (Lipinski definition) is 1. The predicted octanol–water partition coefficient (Wildman–Crippen LogP) is 4.01. The van der Waals surface area contributed by atoms with E-state index < -0.39 is 0 Å². The van der Waals surface area contributed by atoms with Crippen LogP contribution in [0.15, 0.2) is 15.9 Å². The summed E-state index contributed by atoms with van der Waals surface area (Å²) in [6.45, 7) is 3.14. The van der Waals surface area contributed by atoms with Crippen molar-refractivity contribution in [2.45, 2.75) is 32.4 Å². The van der Waals surface area contributed by atoms with E-state index in [0.717, 1.165) is 25.3 Å². The summed E-state index contributed by atoms with van der Waals surface area (Å²) in [5, 5.41) is 5.62. The van der Waals surface area contributed by atoms with Crippen molar-refractivity contribution in [2.24, 2.45) is 0 Å². The first-order valence-corrected chi connectivity index (χ1v) is 6.99. The van der Waals surface area contributed by atoms with E-state index in [0.29, 0.717) is 6.04 Å². The molecule has 1 atom stereocenters. The molecule has 1 N–H and O–H groups in total. The standard InChI is InChI=1S/C10H15BrClNS/c1-2-9(3-4-12)13-6-10-5-8(11)7-14-10/h5,7,9,13H,2-4,6H2,1H3. The summed E-state index contributed by atoms with van der Waals surface area (Å²) in [7, 11) is 0. The van der Waals surface area contributed by atoms with E-state index in [1.807, 2.05) is 0 Å². The normalized spacial score (nSPS) is 13.1. The van der Waals surface area contributed by atoms with Crippen LogP contribution in [0.5, 0.6) is 0 Å². The number of rotatable bonds is 6. The maximum absolute atomic E-state index is 5.72. The van der Waals surface area contributed by atoms with Crippen molar-refractivity contribution in [2.75, 3.05) is 5.88 Å². The number of thiophene rings is 1. The minimum Gasteiger partial charge on any atom is -0.309 e. The molecular formula is C10H15BrClNS. The zero-order chi connectivity index (χ0) is 10.4. The first-order valence-electron chi connectivity index (χ1n) is 4.78. The van der Waals surface area contributed by atoms with Gasteiger partial charge in [-0.2, -0.15) is 0 Å². The second-order valence-corrected chi connectivity index (χ2v) is 5.48. The number of hydrogen-bond acceptors (Lipinski definition) is 2. The van der Waals surface area contributed by atoms with Crippen LogP contribution in [0.3, 0.4) is 0 Å². The van der Waals surface area contributed by atoms with E-state index in [1.54, 1.807) is 11.3 Å². The molecule has 0 aliphatic heterocycles. The van der Waals surface area contributed by atoms with Gasteiger partial charge in [0.25, 0.3) is 0 Å². The molecule has 0 spiro atoms. The SMILES string of the molecule is CCC(CCCl)NCc1cc(Br)cs1. The van der Waals surface area contributed by atoms with E-state index in [-0.39, 0.29) is 0 Å². The van der Waals surface area contributed by atoms with Crippen molar-refractivity contribution in [3.05, 3.63) is 20.8 Å². The average Bonchev–Trinajstić information content (AvgIpc) is 2.59. The van der Waals surface area contributed by atoms with Gasteiger partial charge >= 0.3 is 0 Å². The first kappa shape index (κ1) is 12.5. The van der Waals surface area contributed by atoms with Crippen molar-refractivity contribution in [3.8, 4) is 0 Å². The fraction of sp³-hybridized carbons (Fsp3) is 0.600. The van der Waals surface area contributed by atoms with Crippen LogP contribution in [0.1, 0.15) is 24.6 Å². The molecule has 4 heteroatoms. The first-order chi connectivity index (χ1) is 6.76. The predicted molar refractivity (Wildman–Crippen MR) is 68.3 cm³/mol. The molecule has 1 aromatic rings. The highest BCUT2D eigenvalue weighted by atomic mass is 79.9. The molecule has 0 bridgehead atoms. The third-order valence-corrected chi connectivity index (χ3v) is 4.05. The summed E-state index contributed by atoms with van der Waals surface area (Å²) >= 11 is 10.9. The minimum atomic E-state index is 0.549. The Morgan fingerprint density at radius 1 is 1.64 bits per heavy atom. The van der Waals surface area contributed by atoms with Crippen molar-refractivity contribution in [1.29, 1.82) is 0 Å². The summed E-state index contributed by atoms with van der Waals surface area (Å²) < 4.78 is 1.17. The van der Waals surface area contributed by atoms with Gasteiger partial charge in [0.1, 0.15) is 0 Å². The lowest BCUT2D eigenvalue weighted by molar-refractivity contribution is 0.488. The Hall–Kier alpha value is 0.430. The van der Waals surface area contributed by atoms with Crippen LogP contribution in [-0.4, -0.2) is 11.9 Å². The molecule has 0 aliphatic rings. The van der Waals surface area contributed by atoms with Gasteiger partial charge in [0.15, 0.2) is 0 Å². The maximum atomic E-state index is 5.72. The summed E-state index contributed by atoms with van der Waals surface area (Å²) in [6.07, 6.45) is 2.18. The highest BCUT2D eigenvalue weighted by Crippen LogP contribution is 2.19. The molecule has 1 aromatic heterocycles. The molecular weight excluding hydrogens is 282 g/mol. The summed E-state index contributed by atoms with van der Waals surface area (Å²) in [4.78, 5) is 1.37. The van der Waals surface area contributed by atoms with Crippen LogP contribution in [0.25, 0.3) is 0 Å². The van der Waals surface area contributed by atoms with E-state index in [2.05, 4.69) is 39.6 Å². The van der Waals surface area contributed by atoms with Crippen molar-refractivity contribution >= 4 is 38.9 Å². The van der Waals surface area contributed by atoms with Gasteiger partial charge in [-0.05, 0) is 34.8 Å². The lowest BCUT2D eigenvalue weighted by atomic mass is 10.2.